The molecule has 20 heavy (non-hydrogen) atoms. The zero-order valence-corrected chi connectivity index (χ0v) is 15.3. The molecule has 0 atom stereocenters. The number of hydrogen-bond acceptors (Lipinski definition) is 3. The Bertz CT molecular complexity index is 245. The Morgan fingerprint density at radius 2 is 1.95 bits per heavy atom. The van der Waals surface area contributed by atoms with Gasteiger partial charge in [0, 0.05) is 33.4 Å². The van der Waals surface area contributed by atoms with Gasteiger partial charge in [0.15, 0.2) is 5.96 Å². The second kappa shape index (κ2) is 13.9. The highest BCUT2D eigenvalue weighted by Crippen LogP contribution is 2.06. The Kier molecular flexibility index (Phi) is 13.8. The maximum Gasteiger partial charge on any atom is 0.191 e. The molecular weight excluding hydrogens is 367 g/mol. The van der Waals surface area contributed by atoms with E-state index in [9.17, 15) is 0 Å². The first kappa shape index (κ1) is 19.9. The van der Waals surface area contributed by atoms with Crippen molar-refractivity contribution in [2.24, 2.45) is 4.99 Å². The lowest BCUT2D eigenvalue weighted by atomic mass is 10.4. The van der Waals surface area contributed by atoms with Crippen LogP contribution in [0.1, 0.15) is 32.6 Å². The molecular formula is C14H31IN4O. The summed E-state index contributed by atoms with van der Waals surface area (Å²) in [6.07, 6.45) is 4.90. The second-order valence-corrected chi connectivity index (χ2v) is 4.94. The largest absolute Gasteiger partial charge is 0.385 e. The summed E-state index contributed by atoms with van der Waals surface area (Å²) in [4.78, 5) is 7.07. The number of likely N-dealkylation sites (tertiary alicyclic amines) is 1. The van der Waals surface area contributed by atoms with Crippen molar-refractivity contribution in [1.29, 1.82) is 0 Å². The molecule has 120 valence electrons. The molecule has 1 fully saturated rings. The highest BCUT2D eigenvalue weighted by molar-refractivity contribution is 14.0. The zero-order chi connectivity index (χ0) is 13.8. The van der Waals surface area contributed by atoms with Crippen LogP contribution < -0.4 is 10.6 Å². The van der Waals surface area contributed by atoms with Crippen molar-refractivity contribution >= 4 is 29.9 Å². The summed E-state index contributed by atoms with van der Waals surface area (Å²) in [5, 5.41) is 6.67. The smallest absolute Gasteiger partial charge is 0.191 e. The number of nitrogens with zero attached hydrogens (tertiary/aromatic N) is 2. The summed E-state index contributed by atoms with van der Waals surface area (Å²) >= 11 is 0. The SMILES string of the molecule is CCNC(=NCCCOC)NCCCN1CCCC1.I. The summed E-state index contributed by atoms with van der Waals surface area (Å²) in [5.41, 5.74) is 0. The number of guanidine groups is 1. The van der Waals surface area contributed by atoms with Crippen LogP contribution in [-0.4, -0.2) is 63.8 Å². The van der Waals surface area contributed by atoms with Crippen LogP contribution in [0, 0.1) is 0 Å². The highest BCUT2D eigenvalue weighted by atomic mass is 127. The van der Waals surface area contributed by atoms with E-state index in [1.165, 1.54) is 38.9 Å². The molecule has 0 unspecified atom stereocenters. The van der Waals surface area contributed by atoms with E-state index in [-0.39, 0.29) is 24.0 Å². The minimum absolute atomic E-state index is 0. The third-order valence-electron chi connectivity index (χ3n) is 3.26. The van der Waals surface area contributed by atoms with E-state index in [4.69, 9.17) is 4.74 Å². The molecule has 0 radical (unpaired) electrons. The predicted octanol–water partition coefficient (Wildman–Crippen LogP) is 1.68. The molecule has 6 heteroatoms. The normalized spacial score (nSPS) is 16.0. The van der Waals surface area contributed by atoms with E-state index >= 15 is 0 Å². The van der Waals surface area contributed by atoms with Crippen LogP contribution >= 0.6 is 24.0 Å². The molecule has 0 saturated carbocycles. The Morgan fingerprint density at radius 1 is 1.20 bits per heavy atom. The van der Waals surface area contributed by atoms with Crippen LogP contribution in [0.15, 0.2) is 4.99 Å². The number of hydrogen-bond donors (Lipinski definition) is 2. The van der Waals surface area contributed by atoms with Crippen LogP contribution in [-0.2, 0) is 4.74 Å². The number of aliphatic imine (C=N–C) groups is 1. The van der Waals surface area contributed by atoms with Crippen molar-refractivity contribution in [3.8, 4) is 0 Å². The average Bonchev–Trinajstić information content (AvgIpc) is 2.92. The molecule has 0 aromatic carbocycles. The number of rotatable bonds is 9. The molecule has 1 aliphatic rings. The molecule has 2 N–H and O–H groups in total. The maximum absolute atomic E-state index is 5.02. The van der Waals surface area contributed by atoms with E-state index in [2.05, 4.69) is 27.4 Å². The van der Waals surface area contributed by atoms with Gasteiger partial charge in [-0.05, 0) is 52.2 Å². The lowest BCUT2D eigenvalue weighted by molar-refractivity contribution is 0.197. The summed E-state index contributed by atoms with van der Waals surface area (Å²) in [7, 11) is 1.73. The summed E-state index contributed by atoms with van der Waals surface area (Å²) in [6, 6.07) is 0. The summed E-state index contributed by atoms with van der Waals surface area (Å²) in [5.74, 6) is 0.931. The van der Waals surface area contributed by atoms with Crippen LogP contribution in [0.4, 0.5) is 0 Å². The van der Waals surface area contributed by atoms with Crippen molar-refractivity contribution in [3.63, 3.8) is 0 Å². The first-order valence-corrected chi connectivity index (χ1v) is 7.60. The van der Waals surface area contributed by atoms with Crippen LogP contribution in [0.2, 0.25) is 0 Å². The highest BCUT2D eigenvalue weighted by Gasteiger charge is 2.10. The molecule has 0 amide bonds. The lowest BCUT2D eigenvalue weighted by Gasteiger charge is -2.15. The summed E-state index contributed by atoms with van der Waals surface area (Å²) < 4.78 is 5.02. The van der Waals surface area contributed by atoms with Gasteiger partial charge in [-0.25, -0.2) is 0 Å². The first-order valence-electron chi connectivity index (χ1n) is 7.60. The average molecular weight is 398 g/mol. The Hall–Kier alpha value is -0.0800. The molecule has 1 aliphatic heterocycles. The fourth-order valence-electron chi connectivity index (χ4n) is 2.26. The van der Waals surface area contributed by atoms with Gasteiger partial charge in [0.25, 0.3) is 0 Å². The standard InChI is InChI=1S/C14H30N4O.HI/c1-3-15-14(17-9-7-13-19-2)16-8-6-12-18-10-4-5-11-18;/h3-13H2,1-2H3,(H2,15,16,17);1H. The predicted molar refractivity (Wildman–Crippen MR) is 96.2 cm³/mol. The first-order chi connectivity index (χ1) is 9.36. The Balaban J connectivity index is 0.00000361. The fourth-order valence-corrected chi connectivity index (χ4v) is 2.26. The minimum atomic E-state index is 0. The van der Waals surface area contributed by atoms with E-state index in [0.29, 0.717) is 0 Å². The second-order valence-electron chi connectivity index (χ2n) is 4.94. The molecule has 0 aliphatic carbocycles. The third kappa shape index (κ3) is 9.77. The molecule has 1 heterocycles. The number of ether oxygens (including phenoxy) is 1. The van der Waals surface area contributed by atoms with Gasteiger partial charge >= 0.3 is 0 Å². The molecule has 1 saturated heterocycles. The van der Waals surface area contributed by atoms with Crippen molar-refractivity contribution in [2.45, 2.75) is 32.6 Å². The molecule has 5 nitrogen and oxygen atoms in total. The molecule has 0 bridgehead atoms. The van der Waals surface area contributed by atoms with E-state index in [1.807, 2.05) is 0 Å². The minimum Gasteiger partial charge on any atom is -0.385 e. The Morgan fingerprint density at radius 3 is 2.60 bits per heavy atom. The number of methoxy groups -OCH3 is 1. The van der Waals surface area contributed by atoms with Gasteiger partial charge < -0.3 is 20.3 Å². The third-order valence-corrected chi connectivity index (χ3v) is 3.26. The number of nitrogens with one attached hydrogen (secondary N) is 2. The fraction of sp³-hybridized carbons (Fsp3) is 0.929. The van der Waals surface area contributed by atoms with Gasteiger partial charge in [0.05, 0.1) is 0 Å². The van der Waals surface area contributed by atoms with Crippen LogP contribution in [0.5, 0.6) is 0 Å². The van der Waals surface area contributed by atoms with Gasteiger partial charge in [-0.3, -0.25) is 4.99 Å². The maximum atomic E-state index is 5.02. The zero-order valence-electron chi connectivity index (χ0n) is 13.0. The number of halogens is 1. The van der Waals surface area contributed by atoms with Crippen LogP contribution in [0.25, 0.3) is 0 Å². The van der Waals surface area contributed by atoms with E-state index in [0.717, 1.165) is 38.6 Å². The molecule has 0 spiro atoms. The van der Waals surface area contributed by atoms with Crippen molar-refractivity contribution in [3.05, 3.63) is 0 Å². The molecule has 0 aromatic heterocycles. The van der Waals surface area contributed by atoms with Gasteiger partial charge in [-0.1, -0.05) is 0 Å². The van der Waals surface area contributed by atoms with Crippen LogP contribution in [0.3, 0.4) is 0 Å². The van der Waals surface area contributed by atoms with Gasteiger partial charge in [0.2, 0.25) is 0 Å². The van der Waals surface area contributed by atoms with Gasteiger partial charge in [-0.2, -0.15) is 0 Å². The molecule has 1 rings (SSSR count). The van der Waals surface area contributed by atoms with E-state index < -0.39 is 0 Å². The van der Waals surface area contributed by atoms with Crippen molar-refractivity contribution in [1.82, 2.24) is 15.5 Å². The quantitative estimate of drug-likeness (QED) is 0.269. The van der Waals surface area contributed by atoms with Gasteiger partial charge in [-0.15, -0.1) is 24.0 Å². The summed E-state index contributed by atoms with van der Waals surface area (Å²) in [6.45, 7) is 9.35. The topological polar surface area (TPSA) is 48.9 Å². The van der Waals surface area contributed by atoms with Crippen molar-refractivity contribution in [2.75, 3.05) is 53.0 Å². The Labute approximate surface area is 140 Å². The van der Waals surface area contributed by atoms with E-state index in [1.54, 1.807) is 7.11 Å². The van der Waals surface area contributed by atoms with Crippen molar-refractivity contribution < 1.29 is 4.74 Å². The van der Waals surface area contributed by atoms with Gasteiger partial charge in [0.1, 0.15) is 0 Å². The molecule has 0 aromatic rings. The lowest BCUT2D eigenvalue weighted by Crippen LogP contribution is -2.38. The monoisotopic (exact) mass is 398 g/mol.